The molecule has 0 bridgehead atoms. The van der Waals surface area contributed by atoms with Gasteiger partial charge >= 0.3 is 5.69 Å². The molecule has 11 nitrogen and oxygen atoms in total. The first-order valence-corrected chi connectivity index (χ1v) is 17.6. The van der Waals surface area contributed by atoms with Crippen molar-refractivity contribution < 1.29 is 18.0 Å². The highest BCUT2D eigenvalue weighted by Crippen LogP contribution is 2.33. The summed E-state index contributed by atoms with van der Waals surface area (Å²) in [6, 6.07) is 26.1. The predicted molar refractivity (Wildman–Crippen MR) is 180 cm³/mol. The van der Waals surface area contributed by atoms with Crippen LogP contribution in [0.15, 0.2) is 101 Å². The normalized spacial score (nSPS) is 17.4. The molecular weight excluding hydrogens is 616 g/mol. The molecular formula is C35H40N6O5S. The van der Waals surface area contributed by atoms with Crippen LogP contribution in [-0.4, -0.2) is 84.4 Å². The van der Waals surface area contributed by atoms with Gasteiger partial charge in [0.05, 0.1) is 16.6 Å². The Morgan fingerprint density at radius 3 is 2.17 bits per heavy atom. The van der Waals surface area contributed by atoms with Crippen LogP contribution in [0.1, 0.15) is 46.2 Å². The molecule has 47 heavy (non-hydrogen) atoms. The van der Waals surface area contributed by atoms with Crippen LogP contribution in [0.4, 0.5) is 0 Å². The van der Waals surface area contributed by atoms with E-state index in [9.17, 15) is 22.8 Å². The third-order valence-corrected chi connectivity index (χ3v) is 10.7. The summed E-state index contributed by atoms with van der Waals surface area (Å²) >= 11 is 0. The highest BCUT2D eigenvalue weighted by Gasteiger charge is 2.36. The van der Waals surface area contributed by atoms with E-state index < -0.39 is 16.1 Å². The summed E-state index contributed by atoms with van der Waals surface area (Å²) in [7, 11) is -3.79. The average molecular weight is 657 g/mol. The van der Waals surface area contributed by atoms with Crippen LogP contribution in [-0.2, 0) is 16.6 Å². The van der Waals surface area contributed by atoms with Gasteiger partial charge in [-0.1, -0.05) is 66.7 Å². The van der Waals surface area contributed by atoms with Crippen molar-refractivity contribution in [2.24, 2.45) is 0 Å². The fourth-order valence-electron chi connectivity index (χ4n) is 6.44. The van der Waals surface area contributed by atoms with Crippen molar-refractivity contribution in [2.75, 3.05) is 45.8 Å². The van der Waals surface area contributed by atoms with E-state index in [-0.39, 0.29) is 35.5 Å². The first-order valence-electron chi connectivity index (χ1n) is 16.1. The summed E-state index contributed by atoms with van der Waals surface area (Å²) in [6.07, 6.45) is 1.56. The zero-order chi connectivity index (χ0) is 32.8. The first-order chi connectivity index (χ1) is 22.9. The highest BCUT2D eigenvalue weighted by molar-refractivity contribution is 7.89. The maximum Gasteiger partial charge on any atom is 0.329 e. The van der Waals surface area contributed by atoms with Crippen molar-refractivity contribution in [1.29, 1.82) is 0 Å². The highest BCUT2D eigenvalue weighted by atomic mass is 32.2. The SMILES string of the molecule is O=C(NCCCn1c(C(=O)N2CCNCC2)c(-c2ccccc2)n(C2CCCN(S(=O)(=O)c3ccccc3)C2)c1=O)c1ccccc1. The van der Waals surface area contributed by atoms with E-state index in [4.69, 9.17) is 0 Å². The molecule has 12 heteroatoms. The van der Waals surface area contributed by atoms with Crippen LogP contribution < -0.4 is 16.3 Å². The van der Waals surface area contributed by atoms with Crippen LogP contribution in [0.5, 0.6) is 0 Å². The molecule has 1 atom stereocenters. The average Bonchev–Trinajstić information content (AvgIpc) is 3.42. The molecule has 2 saturated heterocycles. The van der Waals surface area contributed by atoms with Crippen molar-refractivity contribution in [3.63, 3.8) is 0 Å². The smallest absolute Gasteiger partial charge is 0.329 e. The number of aromatic nitrogens is 2. The molecule has 6 rings (SSSR count). The number of nitrogens with zero attached hydrogens (tertiary/aromatic N) is 4. The Balaban J connectivity index is 1.38. The fraction of sp³-hybridized carbons (Fsp3) is 0.343. The molecule has 2 N–H and O–H groups in total. The van der Waals surface area contributed by atoms with Crippen LogP contribution in [0, 0.1) is 0 Å². The molecule has 0 spiro atoms. The van der Waals surface area contributed by atoms with Gasteiger partial charge in [-0.3, -0.25) is 18.7 Å². The third kappa shape index (κ3) is 6.95. The molecule has 0 radical (unpaired) electrons. The van der Waals surface area contributed by atoms with Crippen molar-refractivity contribution in [2.45, 2.75) is 36.7 Å². The number of piperidine rings is 1. The Morgan fingerprint density at radius 1 is 0.851 bits per heavy atom. The van der Waals surface area contributed by atoms with Gasteiger partial charge < -0.3 is 15.5 Å². The summed E-state index contributed by atoms with van der Waals surface area (Å²) in [6.45, 7) is 3.27. The van der Waals surface area contributed by atoms with Crippen molar-refractivity contribution in [3.05, 3.63) is 113 Å². The molecule has 0 saturated carbocycles. The molecule has 246 valence electrons. The van der Waals surface area contributed by atoms with Gasteiger partial charge in [-0.15, -0.1) is 0 Å². The zero-order valence-electron chi connectivity index (χ0n) is 26.3. The molecule has 2 aliphatic rings. The lowest BCUT2D eigenvalue weighted by Gasteiger charge is -2.33. The van der Waals surface area contributed by atoms with Gasteiger partial charge in [-0.2, -0.15) is 4.31 Å². The van der Waals surface area contributed by atoms with E-state index >= 15 is 0 Å². The van der Waals surface area contributed by atoms with Gasteiger partial charge in [0.25, 0.3) is 11.8 Å². The number of imidazole rings is 1. The van der Waals surface area contributed by atoms with Gasteiger partial charge in [0.2, 0.25) is 10.0 Å². The van der Waals surface area contributed by atoms with Crippen LogP contribution >= 0.6 is 0 Å². The minimum absolute atomic E-state index is 0.107. The summed E-state index contributed by atoms with van der Waals surface area (Å²) in [5.74, 6) is -0.446. The number of piperazine rings is 1. The fourth-order valence-corrected chi connectivity index (χ4v) is 7.97. The van der Waals surface area contributed by atoms with Crippen molar-refractivity contribution in [1.82, 2.24) is 29.0 Å². The van der Waals surface area contributed by atoms with Gasteiger partial charge in [0.15, 0.2) is 0 Å². The second kappa shape index (κ2) is 14.5. The number of sulfonamides is 1. The Kier molecular flexibility index (Phi) is 10.00. The molecule has 1 aromatic heterocycles. The maximum atomic E-state index is 14.5. The molecule has 3 aromatic carbocycles. The molecule has 4 aromatic rings. The van der Waals surface area contributed by atoms with Crippen LogP contribution in [0.3, 0.4) is 0 Å². The second-order valence-electron chi connectivity index (χ2n) is 11.9. The predicted octanol–water partition coefficient (Wildman–Crippen LogP) is 3.21. The molecule has 1 unspecified atom stereocenters. The molecule has 0 aliphatic carbocycles. The Morgan fingerprint density at radius 2 is 1.49 bits per heavy atom. The monoisotopic (exact) mass is 656 g/mol. The largest absolute Gasteiger partial charge is 0.352 e. The topological polar surface area (TPSA) is 126 Å². The van der Waals surface area contributed by atoms with E-state index in [2.05, 4.69) is 10.6 Å². The standard InChI is InChI=1S/C35H40N6O5S/c42-33(28-14-6-2-7-15-28)37-19-11-23-40-32(34(43)38-24-20-36-21-25-38)31(27-12-4-1-5-13-27)41(35(40)44)29-16-10-22-39(26-29)47(45,46)30-17-8-3-9-18-30/h1-9,12-15,17-18,29,36H,10-11,16,19-26H2,(H,37,42). The van der Waals surface area contributed by atoms with Crippen LogP contribution in [0.2, 0.25) is 0 Å². The lowest BCUT2D eigenvalue weighted by Crippen LogP contribution is -2.47. The number of carbonyl (C=O) groups is 2. The minimum atomic E-state index is -3.79. The van der Waals surface area contributed by atoms with Gasteiger partial charge in [-0.25, -0.2) is 13.2 Å². The summed E-state index contributed by atoms with van der Waals surface area (Å²) in [5.41, 5.74) is 1.68. The molecule has 2 fully saturated rings. The number of carbonyl (C=O) groups excluding carboxylic acids is 2. The molecule has 2 aliphatic heterocycles. The van der Waals surface area contributed by atoms with E-state index in [1.165, 1.54) is 8.87 Å². The maximum absolute atomic E-state index is 14.5. The van der Waals surface area contributed by atoms with Gasteiger partial charge in [-0.05, 0) is 43.5 Å². The number of benzene rings is 3. The summed E-state index contributed by atoms with van der Waals surface area (Å²) in [4.78, 5) is 43.5. The van der Waals surface area contributed by atoms with E-state index in [0.717, 1.165) is 0 Å². The Labute approximate surface area is 274 Å². The quantitative estimate of drug-likeness (QED) is 0.253. The summed E-state index contributed by atoms with van der Waals surface area (Å²) in [5, 5.41) is 6.20. The third-order valence-electron chi connectivity index (χ3n) is 8.81. The number of nitrogens with one attached hydrogen (secondary N) is 2. The Bertz CT molecular complexity index is 1850. The molecule has 2 amide bonds. The van der Waals surface area contributed by atoms with Gasteiger partial charge in [0.1, 0.15) is 5.69 Å². The number of hydrogen-bond acceptors (Lipinski definition) is 6. The number of amides is 2. The lowest BCUT2D eigenvalue weighted by molar-refractivity contribution is 0.0724. The van der Waals surface area contributed by atoms with E-state index in [0.29, 0.717) is 81.0 Å². The first kappa shape index (κ1) is 32.4. The van der Waals surface area contributed by atoms with Gasteiger partial charge in [0, 0.05) is 63.5 Å². The summed E-state index contributed by atoms with van der Waals surface area (Å²) < 4.78 is 31.9. The lowest BCUT2D eigenvalue weighted by atomic mass is 10.0. The molecule has 3 heterocycles. The minimum Gasteiger partial charge on any atom is -0.352 e. The van der Waals surface area contributed by atoms with E-state index in [1.807, 2.05) is 36.4 Å². The van der Waals surface area contributed by atoms with Crippen LogP contribution in [0.25, 0.3) is 11.3 Å². The number of rotatable bonds is 10. The number of hydrogen-bond donors (Lipinski definition) is 2. The van der Waals surface area contributed by atoms with E-state index in [1.54, 1.807) is 64.1 Å². The Hall–Kier alpha value is -4.52. The van der Waals surface area contributed by atoms with Crippen molar-refractivity contribution in [3.8, 4) is 11.3 Å². The second-order valence-corrected chi connectivity index (χ2v) is 13.8. The zero-order valence-corrected chi connectivity index (χ0v) is 27.1. The van der Waals surface area contributed by atoms with Crippen molar-refractivity contribution >= 4 is 21.8 Å².